The molecule has 1 N–H and O–H groups in total. The van der Waals surface area contributed by atoms with Gasteiger partial charge in [-0.1, -0.05) is 30.3 Å². The van der Waals surface area contributed by atoms with Crippen molar-refractivity contribution in [2.75, 3.05) is 19.7 Å². The topological polar surface area (TPSA) is 23.5 Å². The molecule has 1 fully saturated rings. The summed E-state index contributed by atoms with van der Waals surface area (Å²) in [4.78, 5) is 2.45. The van der Waals surface area contributed by atoms with Crippen LogP contribution in [0.25, 0.3) is 0 Å². The van der Waals surface area contributed by atoms with Crippen molar-refractivity contribution < 1.29 is 5.11 Å². The van der Waals surface area contributed by atoms with Gasteiger partial charge >= 0.3 is 0 Å². The minimum absolute atomic E-state index is 0.301. The Morgan fingerprint density at radius 3 is 2.47 bits per heavy atom. The number of aliphatic hydroxyl groups is 1. The number of rotatable bonds is 8. The third-order valence-electron chi connectivity index (χ3n) is 3.45. The van der Waals surface area contributed by atoms with E-state index in [0.29, 0.717) is 6.61 Å². The highest BCUT2D eigenvalue weighted by molar-refractivity contribution is 5.14. The van der Waals surface area contributed by atoms with Gasteiger partial charge in [0.1, 0.15) is 0 Å². The fourth-order valence-corrected chi connectivity index (χ4v) is 2.33. The maximum atomic E-state index is 9.01. The second kappa shape index (κ2) is 6.77. The van der Waals surface area contributed by atoms with Crippen molar-refractivity contribution in [3.8, 4) is 0 Å². The summed E-state index contributed by atoms with van der Waals surface area (Å²) in [6.07, 6.45) is 6.33. The van der Waals surface area contributed by atoms with Crippen LogP contribution in [-0.4, -0.2) is 35.7 Å². The Labute approximate surface area is 104 Å². The van der Waals surface area contributed by atoms with E-state index in [4.69, 9.17) is 5.11 Å². The Hall–Kier alpha value is -0.860. The lowest BCUT2D eigenvalue weighted by Gasteiger charge is -2.20. The normalized spacial score (nSPS) is 15.4. The molecule has 94 valence electrons. The van der Waals surface area contributed by atoms with Gasteiger partial charge in [-0.25, -0.2) is 0 Å². The van der Waals surface area contributed by atoms with Gasteiger partial charge in [0.2, 0.25) is 0 Å². The van der Waals surface area contributed by atoms with Crippen LogP contribution in [0.4, 0.5) is 0 Å². The average molecular weight is 233 g/mol. The maximum absolute atomic E-state index is 9.01. The largest absolute Gasteiger partial charge is 0.395 e. The van der Waals surface area contributed by atoms with E-state index in [2.05, 4.69) is 35.2 Å². The Morgan fingerprint density at radius 1 is 1.06 bits per heavy atom. The van der Waals surface area contributed by atoms with E-state index in [-0.39, 0.29) is 0 Å². The molecule has 0 bridgehead atoms. The molecule has 17 heavy (non-hydrogen) atoms. The van der Waals surface area contributed by atoms with Crippen molar-refractivity contribution in [1.82, 2.24) is 4.90 Å². The minimum atomic E-state index is 0.301. The first kappa shape index (κ1) is 12.6. The van der Waals surface area contributed by atoms with Gasteiger partial charge in [-0.3, -0.25) is 4.90 Å². The summed E-state index contributed by atoms with van der Waals surface area (Å²) in [7, 11) is 0. The highest BCUT2D eigenvalue weighted by Crippen LogP contribution is 2.26. The molecule has 0 radical (unpaired) electrons. The zero-order valence-electron chi connectivity index (χ0n) is 10.5. The molecule has 2 nitrogen and oxygen atoms in total. The molecular weight excluding hydrogens is 210 g/mol. The molecule has 1 aliphatic carbocycles. The number of benzene rings is 1. The zero-order valence-corrected chi connectivity index (χ0v) is 10.5. The van der Waals surface area contributed by atoms with Crippen LogP contribution < -0.4 is 0 Å². The average Bonchev–Trinajstić information content (AvgIpc) is 3.19. The molecule has 1 aliphatic rings. The number of aryl methyl sites for hydroxylation is 1. The molecule has 0 aliphatic heterocycles. The lowest BCUT2D eigenvalue weighted by atomic mass is 10.1. The summed E-state index contributed by atoms with van der Waals surface area (Å²) in [6, 6.07) is 11.5. The van der Waals surface area contributed by atoms with Gasteiger partial charge in [0.05, 0.1) is 6.61 Å². The van der Waals surface area contributed by atoms with Crippen LogP contribution >= 0.6 is 0 Å². The predicted molar refractivity (Wildman–Crippen MR) is 71.1 cm³/mol. The van der Waals surface area contributed by atoms with Crippen molar-refractivity contribution in [1.29, 1.82) is 0 Å². The predicted octanol–water partition coefficient (Wildman–Crippen LogP) is 2.47. The number of aliphatic hydroxyl groups excluding tert-OH is 1. The van der Waals surface area contributed by atoms with Crippen molar-refractivity contribution in [3.05, 3.63) is 35.9 Å². The SMILES string of the molecule is OCCN(CCCCc1ccccc1)C1CC1. The van der Waals surface area contributed by atoms with Crippen LogP contribution in [0.3, 0.4) is 0 Å². The second-order valence-electron chi connectivity index (χ2n) is 4.93. The fourth-order valence-electron chi connectivity index (χ4n) is 2.33. The van der Waals surface area contributed by atoms with Gasteiger partial charge in [-0.2, -0.15) is 0 Å². The van der Waals surface area contributed by atoms with E-state index >= 15 is 0 Å². The highest BCUT2D eigenvalue weighted by atomic mass is 16.3. The van der Waals surface area contributed by atoms with Gasteiger partial charge in [-0.15, -0.1) is 0 Å². The quantitative estimate of drug-likeness (QED) is 0.697. The van der Waals surface area contributed by atoms with Crippen molar-refractivity contribution >= 4 is 0 Å². The van der Waals surface area contributed by atoms with Gasteiger partial charge < -0.3 is 5.11 Å². The van der Waals surface area contributed by atoms with Crippen LogP contribution in [0, 0.1) is 0 Å². The van der Waals surface area contributed by atoms with E-state index < -0.39 is 0 Å². The Kier molecular flexibility index (Phi) is 5.02. The van der Waals surface area contributed by atoms with E-state index in [9.17, 15) is 0 Å². The summed E-state index contributed by atoms with van der Waals surface area (Å²) in [5.41, 5.74) is 1.44. The molecule has 2 rings (SSSR count). The smallest absolute Gasteiger partial charge is 0.0558 e. The van der Waals surface area contributed by atoms with Gasteiger partial charge in [0, 0.05) is 12.6 Å². The molecule has 1 saturated carbocycles. The van der Waals surface area contributed by atoms with Crippen molar-refractivity contribution in [2.45, 2.75) is 38.1 Å². The molecular formula is C15H23NO. The van der Waals surface area contributed by atoms with Crippen LogP contribution in [0.5, 0.6) is 0 Å². The van der Waals surface area contributed by atoms with Crippen LogP contribution in [0.2, 0.25) is 0 Å². The molecule has 0 amide bonds. The summed E-state index contributed by atoms with van der Waals surface area (Å²) >= 11 is 0. The standard InChI is InChI=1S/C15H23NO/c17-13-12-16(15-9-10-15)11-5-4-8-14-6-2-1-3-7-14/h1-3,6-7,15,17H,4-5,8-13H2. The Morgan fingerprint density at radius 2 is 1.82 bits per heavy atom. The molecule has 1 aromatic rings. The molecule has 0 aromatic heterocycles. The summed E-state index contributed by atoms with van der Waals surface area (Å²) in [5.74, 6) is 0. The Balaban J connectivity index is 1.61. The number of hydrogen-bond donors (Lipinski definition) is 1. The van der Waals surface area contributed by atoms with Crippen LogP contribution in [-0.2, 0) is 6.42 Å². The van der Waals surface area contributed by atoms with Gasteiger partial charge in [-0.05, 0) is 44.2 Å². The van der Waals surface area contributed by atoms with E-state index in [1.54, 1.807) is 0 Å². The molecule has 0 atom stereocenters. The van der Waals surface area contributed by atoms with Crippen molar-refractivity contribution in [2.24, 2.45) is 0 Å². The first-order chi connectivity index (χ1) is 8.40. The van der Waals surface area contributed by atoms with Crippen LogP contribution in [0.1, 0.15) is 31.2 Å². The Bertz CT molecular complexity index is 308. The third kappa shape index (κ3) is 4.49. The van der Waals surface area contributed by atoms with E-state index in [1.807, 2.05) is 0 Å². The first-order valence-electron chi connectivity index (χ1n) is 6.79. The maximum Gasteiger partial charge on any atom is 0.0558 e. The monoisotopic (exact) mass is 233 g/mol. The minimum Gasteiger partial charge on any atom is -0.395 e. The zero-order chi connectivity index (χ0) is 11.9. The number of hydrogen-bond acceptors (Lipinski definition) is 2. The summed E-state index contributed by atoms with van der Waals surface area (Å²) in [6.45, 7) is 2.31. The molecule has 0 spiro atoms. The lowest BCUT2D eigenvalue weighted by Crippen LogP contribution is -2.30. The van der Waals surface area contributed by atoms with Crippen molar-refractivity contribution in [3.63, 3.8) is 0 Å². The molecule has 0 unspecified atom stereocenters. The molecule has 0 saturated heterocycles. The first-order valence-corrected chi connectivity index (χ1v) is 6.79. The lowest BCUT2D eigenvalue weighted by molar-refractivity contribution is 0.187. The van der Waals surface area contributed by atoms with Crippen LogP contribution in [0.15, 0.2) is 30.3 Å². The molecule has 0 heterocycles. The fraction of sp³-hybridized carbons (Fsp3) is 0.600. The number of nitrogens with zero attached hydrogens (tertiary/aromatic N) is 1. The van der Waals surface area contributed by atoms with E-state index in [1.165, 1.54) is 37.7 Å². The summed E-state index contributed by atoms with van der Waals surface area (Å²) < 4.78 is 0. The van der Waals surface area contributed by atoms with Gasteiger partial charge in [0.25, 0.3) is 0 Å². The molecule has 1 aromatic carbocycles. The van der Waals surface area contributed by atoms with Gasteiger partial charge in [0.15, 0.2) is 0 Å². The van der Waals surface area contributed by atoms with E-state index in [0.717, 1.165) is 19.1 Å². The second-order valence-corrected chi connectivity index (χ2v) is 4.93. The molecule has 2 heteroatoms. The summed E-state index contributed by atoms with van der Waals surface area (Å²) in [5, 5.41) is 9.01. The number of unbranched alkanes of at least 4 members (excludes halogenated alkanes) is 1. The highest BCUT2D eigenvalue weighted by Gasteiger charge is 2.27. The third-order valence-corrected chi connectivity index (χ3v) is 3.45.